The molecule has 11 heteroatoms. The number of pyridine rings is 1. The van der Waals surface area contributed by atoms with Crippen LogP contribution in [0.1, 0.15) is 12.5 Å². The van der Waals surface area contributed by atoms with Crippen LogP contribution in [-0.2, 0) is 16.4 Å². The van der Waals surface area contributed by atoms with Gasteiger partial charge in [-0.25, -0.2) is 13.4 Å². The first kappa shape index (κ1) is 21.2. The second-order valence-electron chi connectivity index (χ2n) is 5.09. The van der Waals surface area contributed by atoms with E-state index in [1.54, 1.807) is 31.2 Å². The zero-order valence-corrected chi connectivity index (χ0v) is 15.6. The molecule has 0 aliphatic carbocycles. The lowest BCUT2D eigenvalue weighted by molar-refractivity contribution is -0.0336. The minimum Gasteiger partial charge on any atom is -0.431 e. The molecule has 2 aromatic heterocycles. The Morgan fingerprint density at radius 1 is 1.22 bits per heavy atom. The number of halogens is 3. The van der Waals surface area contributed by atoms with E-state index in [0.29, 0.717) is 16.7 Å². The second kappa shape index (κ2) is 8.72. The van der Waals surface area contributed by atoms with Crippen molar-refractivity contribution in [3.8, 4) is 0 Å². The van der Waals surface area contributed by atoms with Crippen LogP contribution in [0.25, 0.3) is 11.1 Å². The molecule has 0 aliphatic heterocycles. The molecule has 0 bridgehead atoms. The van der Waals surface area contributed by atoms with Gasteiger partial charge in [0.15, 0.2) is 15.4 Å². The van der Waals surface area contributed by atoms with E-state index in [9.17, 15) is 21.6 Å². The Hall–Kier alpha value is -2.11. The van der Waals surface area contributed by atoms with Crippen molar-refractivity contribution < 1.29 is 31.1 Å². The van der Waals surface area contributed by atoms with Crippen molar-refractivity contribution in [3.05, 3.63) is 48.3 Å². The van der Waals surface area contributed by atoms with Gasteiger partial charge in [0, 0.05) is 24.2 Å². The molecule has 3 aromatic rings. The lowest BCUT2D eigenvalue weighted by Crippen LogP contribution is -2.04. The Kier molecular flexibility index (Phi) is 6.84. The van der Waals surface area contributed by atoms with Gasteiger partial charge in [0.1, 0.15) is 5.52 Å². The molecule has 0 amide bonds. The molecule has 0 atom stereocenters. The van der Waals surface area contributed by atoms with Crippen LogP contribution in [0.2, 0.25) is 0 Å². The van der Waals surface area contributed by atoms with Gasteiger partial charge in [0.25, 0.3) is 5.22 Å². The van der Waals surface area contributed by atoms with E-state index in [1.807, 2.05) is 0 Å². The second-order valence-corrected chi connectivity index (χ2v) is 8.38. The molecular weight excluding hydrogens is 405 g/mol. The van der Waals surface area contributed by atoms with Gasteiger partial charge >= 0.3 is 5.51 Å². The number of nitrogens with zero attached hydrogens (tertiary/aromatic N) is 2. The summed E-state index contributed by atoms with van der Waals surface area (Å²) in [6, 6.07) is 7.97. The number of aliphatic hydroxyl groups excluding tert-OH is 1. The summed E-state index contributed by atoms with van der Waals surface area (Å²) in [5, 5.41) is 8.39. The molecule has 27 heavy (non-hydrogen) atoms. The van der Waals surface area contributed by atoms with E-state index in [2.05, 4.69) is 9.97 Å². The number of para-hydroxylation sites is 2. The number of fused-ring (bicyclic) bond motifs is 1. The lowest BCUT2D eigenvalue weighted by Gasteiger charge is -2.01. The van der Waals surface area contributed by atoms with Gasteiger partial charge < -0.3 is 9.52 Å². The number of sulfone groups is 1. The number of benzene rings is 1. The summed E-state index contributed by atoms with van der Waals surface area (Å²) in [7, 11) is -3.20. The summed E-state index contributed by atoms with van der Waals surface area (Å²) in [5.41, 5.74) is -3.06. The van der Waals surface area contributed by atoms with Crippen LogP contribution in [0.4, 0.5) is 13.2 Å². The summed E-state index contributed by atoms with van der Waals surface area (Å²) in [5.74, 6) is 0.0452. The fourth-order valence-electron chi connectivity index (χ4n) is 1.88. The monoisotopic (exact) mass is 420 g/mol. The summed E-state index contributed by atoms with van der Waals surface area (Å²) >= 11 is -0.351. The average molecular weight is 420 g/mol. The van der Waals surface area contributed by atoms with Crippen molar-refractivity contribution in [3.63, 3.8) is 0 Å². The largest absolute Gasteiger partial charge is 0.450 e. The molecular formula is C16H15F3N2O4S2. The van der Waals surface area contributed by atoms with E-state index in [0.717, 1.165) is 0 Å². The molecule has 0 unspecified atom stereocenters. The molecule has 0 radical (unpaired) electrons. The van der Waals surface area contributed by atoms with Gasteiger partial charge in [0.05, 0.1) is 17.3 Å². The van der Waals surface area contributed by atoms with E-state index in [4.69, 9.17) is 9.52 Å². The van der Waals surface area contributed by atoms with Gasteiger partial charge in [-0.2, -0.15) is 13.2 Å². The quantitative estimate of drug-likeness (QED) is 0.642. The zero-order valence-electron chi connectivity index (χ0n) is 14.0. The van der Waals surface area contributed by atoms with Gasteiger partial charge in [-0.1, -0.05) is 19.1 Å². The SMILES string of the molecule is CCS(=O)(=O)c1cncc(CO)c1.FC(F)(F)Sc1nc2ccccc2o1. The predicted octanol–water partition coefficient (Wildman–Crippen LogP) is 3.81. The van der Waals surface area contributed by atoms with Crippen LogP contribution in [0.3, 0.4) is 0 Å². The van der Waals surface area contributed by atoms with Crippen molar-refractivity contribution in [2.24, 2.45) is 0 Å². The zero-order chi connectivity index (χ0) is 20.1. The van der Waals surface area contributed by atoms with Gasteiger partial charge in [0.2, 0.25) is 0 Å². The third-order valence-corrected chi connectivity index (χ3v) is 5.45. The molecule has 146 valence electrons. The lowest BCUT2D eigenvalue weighted by atomic mass is 10.3. The van der Waals surface area contributed by atoms with Gasteiger partial charge in [-0.15, -0.1) is 0 Å². The van der Waals surface area contributed by atoms with Crippen LogP contribution in [0, 0.1) is 0 Å². The predicted molar refractivity (Wildman–Crippen MR) is 93.8 cm³/mol. The standard InChI is InChI=1S/C8H4F3NOS.C8H11NO3S/c9-8(10,11)14-7-12-5-3-1-2-4-6(5)13-7;1-2-13(11,12)8-3-7(6-10)4-9-5-8/h1-4H;3-5,10H,2,6H2,1H3. The molecule has 1 aromatic carbocycles. The Morgan fingerprint density at radius 2 is 1.93 bits per heavy atom. The molecule has 2 heterocycles. The van der Waals surface area contributed by atoms with Gasteiger partial charge in [-0.05, 0) is 23.8 Å². The highest BCUT2D eigenvalue weighted by Gasteiger charge is 2.32. The molecule has 0 saturated heterocycles. The van der Waals surface area contributed by atoms with Crippen LogP contribution < -0.4 is 0 Å². The highest BCUT2D eigenvalue weighted by atomic mass is 32.2. The van der Waals surface area contributed by atoms with Crippen LogP contribution >= 0.6 is 11.8 Å². The van der Waals surface area contributed by atoms with Crippen molar-refractivity contribution in [1.82, 2.24) is 9.97 Å². The highest BCUT2D eigenvalue weighted by molar-refractivity contribution is 7.99. The maximum absolute atomic E-state index is 11.9. The first-order valence-electron chi connectivity index (χ1n) is 7.53. The van der Waals surface area contributed by atoms with Crippen LogP contribution in [0.5, 0.6) is 0 Å². The van der Waals surface area contributed by atoms with E-state index in [-0.39, 0.29) is 34.2 Å². The first-order valence-corrected chi connectivity index (χ1v) is 10.0. The van der Waals surface area contributed by atoms with Crippen LogP contribution in [0.15, 0.2) is 57.3 Å². The Bertz CT molecular complexity index is 971. The van der Waals surface area contributed by atoms with Gasteiger partial charge in [-0.3, -0.25) is 4.98 Å². The number of oxazole rings is 1. The number of thioether (sulfide) groups is 1. The molecule has 0 aliphatic rings. The number of rotatable bonds is 4. The maximum Gasteiger partial charge on any atom is 0.450 e. The topological polar surface area (TPSA) is 93.3 Å². The number of hydrogen-bond donors (Lipinski definition) is 1. The third-order valence-electron chi connectivity index (χ3n) is 3.17. The first-order chi connectivity index (χ1) is 12.6. The smallest absolute Gasteiger partial charge is 0.431 e. The summed E-state index contributed by atoms with van der Waals surface area (Å²) in [6.45, 7) is 1.38. The summed E-state index contributed by atoms with van der Waals surface area (Å²) in [6.07, 6.45) is 2.73. The average Bonchev–Trinajstić information content (AvgIpc) is 3.02. The molecule has 0 spiro atoms. The van der Waals surface area contributed by atoms with Crippen LogP contribution in [-0.4, -0.2) is 34.8 Å². The number of aromatic nitrogens is 2. The molecule has 1 N–H and O–H groups in total. The summed E-state index contributed by atoms with van der Waals surface area (Å²) in [4.78, 5) is 7.57. The fourth-order valence-corrected chi connectivity index (χ4v) is 3.24. The molecule has 3 rings (SSSR count). The van der Waals surface area contributed by atoms with E-state index >= 15 is 0 Å². The minimum atomic E-state index is -4.36. The molecule has 6 nitrogen and oxygen atoms in total. The Labute approximate surface area is 157 Å². The van der Waals surface area contributed by atoms with Crippen molar-refractivity contribution in [2.45, 2.75) is 29.2 Å². The normalized spacial score (nSPS) is 11.9. The highest BCUT2D eigenvalue weighted by Crippen LogP contribution is 2.37. The number of alkyl halides is 3. The Balaban J connectivity index is 0.000000194. The maximum atomic E-state index is 11.9. The number of hydrogen-bond acceptors (Lipinski definition) is 7. The molecule has 0 fully saturated rings. The van der Waals surface area contributed by atoms with Crippen molar-refractivity contribution in [2.75, 3.05) is 5.75 Å². The third kappa shape index (κ3) is 6.22. The van der Waals surface area contributed by atoms with E-state index < -0.39 is 15.3 Å². The van der Waals surface area contributed by atoms with Crippen molar-refractivity contribution >= 4 is 32.7 Å². The van der Waals surface area contributed by atoms with Crippen molar-refractivity contribution in [1.29, 1.82) is 0 Å². The Morgan fingerprint density at radius 3 is 2.52 bits per heavy atom. The molecule has 0 saturated carbocycles. The fraction of sp³-hybridized carbons (Fsp3) is 0.250. The van der Waals surface area contributed by atoms with E-state index in [1.165, 1.54) is 18.5 Å². The minimum absolute atomic E-state index is 0.0452. The number of aliphatic hydroxyl groups is 1. The summed E-state index contributed by atoms with van der Waals surface area (Å²) < 4.78 is 63.4.